The highest BCUT2D eigenvalue weighted by atomic mass is 16.4. The summed E-state index contributed by atoms with van der Waals surface area (Å²) in [7, 11) is 0. The third-order valence-electron chi connectivity index (χ3n) is 3.99. The molecule has 0 bridgehead atoms. The lowest BCUT2D eigenvalue weighted by atomic mass is 10.1. The fraction of sp³-hybridized carbons (Fsp3) is 0.312. The van der Waals surface area contributed by atoms with Gasteiger partial charge in [0, 0.05) is 31.9 Å². The maximum absolute atomic E-state index is 12.1. The van der Waals surface area contributed by atoms with Gasteiger partial charge in [-0.3, -0.25) is 4.79 Å². The van der Waals surface area contributed by atoms with E-state index in [1.807, 2.05) is 15.7 Å². The van der Waals surface area contributed by atoms with Crippen molar-refractivity contribution >= 4 is 11.9 Å². The van der Waals surface area contributed by atoms with Gasteiger partial charge >= 0.3 is 5.97 Å². The quantitative estimate of drug-likeness (QED) is 0.913. The molecule has 1 saturated heterocycles. The fourth-order valence-corrected chi connectivity index (χ4v) is 2.79. The van der Waals surface area contributed by atoms with E-state index in [9.17, 15) is 9.59 Å². The molecule has 1 atom stereocenters. The molecule has 114 valence electrons. The topological polar surface area (TPSA) is 75.4 Å². The average Bonchev–Trinajstić information content (AvgIpc) is 3.13. The second-order valence-corrected chi connectivity index (χ2v) is 5.48. The Hall–Kier alpha value is -2.63. The Morgan fingerprint density at radius 2 is 2.09 bits per heavy atom. The Labute approximate surface area is 128 Å². The van der Waals surface area contributed by atoms with Gasteiger partial charge in [0.2, 0.25) is 5.91 Å². The number of aromatic carboxylic acids is 1. The van der Waals surface area contributed by atoms with Crippen molar-refractivity contribution in [2.24, 2.45) is 0 Å². The van der Waals surface area contributed by atoms with E-state index in [1.54, 1.807) is 36.8 Å². The number of rotatable bonds is 5. The average molecular weight is 299 g/mol. The molecule has 1 aliphatic rings. The number of imidazole rings is 1. The fourth-order valence-electron chi connectivity index (χ4n) is 2.79. The molecule has 1 amide bonds. The number of carbonyl (C=O) groups excluding carboxylic acids is 1. The summed E-state index contributed by atoms with van der Waals surface area (Å²) in [4.78, 5) is 28.9. The molecule has 1 aromatic heterocycles. The van der Waals surface area contributed by atoms with E-state index in [0.29, 0.717) is 13.0 Å². The third kappa shape index (κ3) is 3.00. The first-order valence-corrected chi connectivity index (χ1v) is 7.21. The molecule has 1 aromatic carbocycles. The number of aromatic nitrogens is 2. The van der Waals surface area contributed by atoms with E-state index >= 15 is 0 Å². The van der Waals surface area contributed by atoms with Crippen LogP contribution in [0.2, 0.25) is 0 Å². The SMILES string of the molecule is O=C(O)c1ccc(CN2C(=O)CC[C@H]2Cn2ccnc2)cc1. The number of carbonyl (C=O) groups is 2. The number of amides is 1. The number of nitrogens with zero attached hydrogens (tertiary/aromatic N) is 3. The van der Waals surface area contributed by atoms with E-state index in [2.05, 4.69) is 4.98 Å². The molecule has 2 aromatic rings. The maximum Gasteiger partial charge on any atom is 0.335 e. The third-order valence-corrected chi connectivity index (χ3v) is 3.99. The van der Waals surface area contributed by atoms with Gasteiger partial charge in [-0.1, -0.05) is 12.1 Å². The van der Waals surface area contributed by atoms with Crippen molar-refractivity contribution in [1.82, 2.24) is 14.5 Å². The minimum absolute atomic E-state index is 0.146. The van der Waals surface area contributed by atoms with Crippen LogP contribution >= 0.6 is 0 Å². The van der Waals surface area contributed by atoms with E-state index < -0.39 is 5.97 Å². The zero-order chi connectivity index (χ0) is 15.5. The van der Waals surface area contributed by atoms with Crippen molar-refractivity contribution in [2.45, 2.75) is 32.0 Å². The van der Waals surface area contributed by atoms with Crippen molar-refractivity contribution in [3.63, 3.8) is 0 Å². The summed E-state index contributed by atoms with van der Waals surface area (Å²) in [5, 5.41) is 8.91. The number of hydrogen-bond acceptors (Lipinski definition) is 3. The van der Waals surface area contributed by atoms with Gasteiger partial charge in [0.25, 0.3) is 0 Å². The standard InChI is InChI=1S/C16H17N3O3/c20-15-6-5-14(10-18-8-7-17-11-18)19(15)9-12-1-3-13(4-2-12)16(21)22/h1-4,7-8,11,14H,5-6,9-10H2,(H,21,22)/t14-/m0/s1. The monoisotopic (exact) mass is 299 g/mol. The highest BCUT2D eigenvalue weighted by molar-refractivity contribution is 5.87. The summed E-state index contributed by atoms with van der Waals surface area (Å²) < 4.78 is 1.98. The zero-order valence-corrected chi connectivity index (χ0v) is 12.1. The van der Waals surface area contributed by atoms with Gasteiger partial charge < -0.3 is 14.6 Å². The van der Waals surface area contributed by atoms with E-state index in [-0.39, 0.29) is 17.5 Å². The second kappa shape index (κ2) is 6.01. The Morgan fingerprint density at radius 1 is 1.32 bits per heavy atom. The maximum atomic E-state index is 12.1. The van der Waals surface area contributed by atoms with Crippen LogP contribution < -0.4 is 0 Å². The van der Waals surface area contributed by atoms with Gasteiger partial charge in [0.15, 0.2) is 0 Å². The van der Waals surface area contributed by atoms with Crippen LogP contribution in [-0.4, -0.2) is 37.5 Å². The van der Waals surface area contributed by atoms with Gasteiger partial charge in [-0.15, -0.1) is 0 Å². The van der Waals surface area contributed by atoms with Crippen LogP contribution in [0, 0.1) is 0 Å². The molecule has 0 saturated carbocycles. The van der Waals surface area contributed by atoms with Crippen LogP contribution in [0.3, 0.4) is 0 Å². The summed E-state index contributed by atoms with van der Waals surface area (Å²) >= 11 is 0. The summed E-state index contributed by atoms with van der Waals surface area (Å²) in [5.74, 6) is -0.797. The Morgan fingerprint density at radius 3 is 2.73 bits per heavy atom. The summed E-state index contributed by atoms with van der Waals surface area (Å²) in [6.07, 6.45) is 6.77. The molecule has 1 N–H and O–H groups in total. The second-order valence-electron chi connectivity index (χ2n) is 5.48. The van der Waals surface area contributed by atoms with Crippen molar-refractivity contribution in [3.05, 3.63) is 54.1 Å². The van der Waals surface area contributed by atoms with Gasteiger partial charge in [0.05, 0.1) is 17.9 Å². The molecule has 0 spiro atoms. The highest BCUT2D eigenvalue weighted by Crippen LogP contribution is 2.23. The van der Waals surface area contributed by atoms with Gasteiger partial charge in [0.1, 0.15) is 0 Å². The molecule has 0 aliphatic carbocycles. The van der Waals surface area contributed by atoms with E-state index in [4.69, 9.17) is 5.11 Å². The molecule has 6 nitrogen and oxygen atoms in total. The molecule has 1 fully saturated rings. The first-order valence-electron chi connectivity index (χ1n) is 7.21. The lowest BCUT2D eigenvalue weighted by molar-refractivity contribution is -0.129. The Balaban J connectivity index is 1.71. The first-order chi connectivity index (χ1) is 10.6. The number of benzene rings is 1. The molecular weight excluding hydrogens is 282 g/mol. The number of carboxylic acids is 1. The molecule has 1 aliphatic heterocycles. The normalized spacial score (nSPS) is 17.9. The molecule has 0 radical (unpaired) electrons. The summed E-state index contributed by atoms with van der Waals surface area (Å²) in [6.45, 7) is 1.25. The smallest absolute Gasteiger partial charge is 0.335 e. The lowest BCUT2D eigenvalue weighted by Gasteiger charge is -2.25. The Bertz CT molecular complexity index is 664. The number of carboxylic acid groups (broad SMARTS) is 1. The minimum Gasteiger partial charge on any atom is -0.478 e. The van der Waals surface area contributed by atoms with Crippen LogP contribution in [0.25, 0.3) is 0 Å². The summed E-state index contributed by atoms with van der Waals surface area (Å²) in [6, 6.07) is 6.83. The Kier molecular flexibility index (Phi) is 3.91. The molecule has 0 unspecified atom stereocenters. The predicted octanol–water partition coefficient (Wildman–Crippen LogP) is 1.77. The highest BCUT2D eigenvalue weighted by Gasteiger charge is 2.30. The van der Waals surface area contributed by atoms with Gasteiger partial charge in [-0.25, -0.2) is 9.78 Å². The van der Waals surface area contributed by atoms with Gasteiger partial charge in [-0.05, 0) is 24.1 Å². The summed E-state index contributed by atoms with van der Waals surface area (Å²) in [5.41, 5.74) is 1.20. The predicted molar refractivity (Wildman–Crippen MR) is 79.2 cm³/mol. The van der Waals surface area contributed by atoms with E-state index in [0.717, 1.165) is 18.5 Å². The number of hydrogen-bond donors (Lipinski definition) is 1. The molecule has 22 heavy (non-hydrogen) atoms. The molecule has 3 rings (SSSR count). The van der Waals surface area contributed by atoms with Crippen molar-refractivity contribution < 1.29 is 14.7 Å². The molecule has 2 heterocycles. The largest absolute Gasteiger partial charge is 0.478 e. The molecular formula is C16H17N3O3. The minimum atomic E-state index is -0.943. The lowest BCUT2D eigenvalue weighted by Crippen LogP contribution is -2.35. The van der Waals surface area contributed by atoms with Crippen LogP contribution in [-0.2, 0) is 17.9 Å². The van der Waals surface area contributed by atoms with Crippen molar-refractivity contribution in [3.8, 4) is 0 Å². The van der Waals surface area contributed by atoms with Crippen molar-refractivity contribution in [1.29, 1.82) is 0 Å². The van der Waals surface area contributed by atoms with Crippen LogP contribution in [0.5, 0.6) is 0 Å². The van der Waals surface area contributed by atoms with Gasteiger partial charge in [-0.2, -0.15) is 0 Å². The zero-order valence-electron chi connectivity index (χ0n) is 12.1. The van der Waals surface area contributed by atoms with Crippen LogP contribution in [0.4, 0.5) is 0 Å². The van der Waals surface area contributed by atoms with E-state index in [1.165, 1.54) is 0 Å². The van der Waals surface area contributed by atoms with Crippen LogP contribution in [0.1, 0.15) is 28.8 Å². The van der Waals surface area contributed by atoms with Crippen LogP contribution in [0.15, 0.2) is 43.0 Å². The number of likely N-dealkylation sites (tertiary alicyclic amines) is 1. The molecule has 6 heteroatoms. The van der Waals surface area contributed by atoms with Crippen molar-refractivity contribution in [2.75, 3.05) is 0 Å². The first kappa shape index (κ1) is 14.3.